The minimum Gasteiger partial charge on any atom is -0.496 e. The standard InChI is InChI=1S/C20H30N4O/c1-4-24-12-9-19(22-24)16(2)21-14-17-7-8-20(25-3)18(13-17)15-23-10-5-6-11-23/h7-9,12-13,16,21H,4-6,10-11,14-15H2,1-3H3. The molecule has 0 bridgehead atoms. The molecule has 1 unspecified atom stereocenters. The van der Waals surface area contributed by atoms with Gasteiger partial charge in [0.1, 0.15) is 5.75 Å². The summed E-state index contributed by atoms with van der Waals surface area (Å²) in [7, 11) is 1.76. The van der Waals surface area contributed by atoms with Gasteiger partial charge >= 0.3 is 0 Å². The van der Waals surface area contributed by atoms with Gasteiger partial charge in [0.2, 0.25) is 0 Å². The van der Waals surface area contributed by atoms with Crippen molar-refractivity contribution in [1.82, 2.24) is 20.0 Å². The van der Waals surface area contributed by atoms with Crippen LogP contribution in [0.2, 0.25) is 0 Å². The van der Waals surface area contributed by atoms with Crippen LogP contribution in [-0.4, -0.2) is 34.9 Å². The molecule has 1 saturated heterocycles. The molecule has 1 aromatic heterocycles. The van der Waals surface area contributed by atoms with Gasteiger partial charge in [0.15, 0.2) is 0 Å². The lowest BCUT2D eigenvalue weighted by Crippen LogP contribution is -2.20. The van der Waals surface area contributed by atoms with Gasteiger partial charge in [-0.1, -0.05) is 6.07 Å². The van der Waals surface area contributed by atoms with Crippen LogP contribution in [0.15, 0.2) is 30.5 Å². The fourth-order valence-corrected chi connectivity index (χ4v) is 3.41. The molecule has 3 rings (SSSR count). The zero-order chi connectivity index (χ0) is 17.6. The zero-order valence-corrected chi connectivity index (χ0v) is 15.7. The molecule has 5 nitrogen and oxygen atoms in total. The number of nitrogens with zero attached hydrogens (tertiary/aromatic N) is 3. The van der Waals surface area contributed by atoms with Crippen molar-refractivity contribution in [3.8, 4) is 5.75 Å². The van der Waals surface area contributed by atoms with Crippen LogP contribution in [0.25, 0.3) is 0 Å². The first-order chi connectivity index (χ1) is 12.2. The van der Waals surface area contributed by atoms with Crippen molar-refractivity contribution in [2.75, 3.05) is 20.2 Å². The second-order valence-electron chi connectivity index (χ2n) is 6.83. The van der Waals surface area contributed by atoms with Gasteiger partial charge < -0.3 is 10.1 Å². The monoisotopic (exact) mass is 342 g/mol. The van der Waals surface area contributed by atoms with Crippen LogP contribution in [0.3, 0.4) is 0 Å². The molecule has 0 saturated carbocycles. The van der Waals surface area contributed by atoms with Gasteiger partial charge in [0, 0.05) is 37.4 Å². The lowest BCUT2D eigenvalue weighted by Gasteiger charge is -2.18. The van der Waals surface area contributed by atoms with E-state index in [-0.39, 0.29) is 6.04 Å². The van der Waals surface area contributed by atoms with E-state index in [1.807, 2.05) is 10.9 Å². The highest BCUT2D eigenvalue weighted by molar-refractivity contribution is 5.37. The molecule has 0 radical (unpaired) electrons. The van der Waals surface area contributed by atoms with Crippen molar-refractivity contribution in [3.05, 3.63) is 47.3 Å². The fourth-order valence-electron chi connectivity index (χ4n) is 3.41. The van der Waals surface area contributed by atoms with E-state index in [1.165, 1.54) is 37.1 Å². The molecule has 136 valence electrons. The van der Waals surface area contributed by atoms with E-state index in [1.54, 1.807) is 7.11 Å². The second-order valence-corrected chi connectivity index (χ2v) is 6.83. The lowest BCUT2D eigenvalue weighted by atomic mass is 10.1. The van der Waals surface area contributed by atoms with Crippen molar-refractivity contribution in [2.24, 2.45) is 0 Å². The van der Waals surface area contributed by atoms with Crippen LogP contribution in [0, 0.1) is 0 Å². The number of nitrogens with one attached hydrogen (secondary N) is 1. The summed E-state index contributed by atoms with van der Waals surface area (Å²) in [6.07, 6.45) is 4.66. The van der Waals surface area contributed by atoms with Gasteiger partial charge in [0.05, 0.1) is 12.8 Å². The van der Waals surface area contributed by atoms with E-state index < -0.39 is 0 Å². The molecule has 0 aliphatic carbocycles. The number of hydrogen-bond donors (Lipinski definition) is 1. The third-order valence-electron chi connectivity index (χ3n) is 4.98. The quantitative estimate of drug-likeness (QED) is 0.799. The van der Waals surface area contributed by atoms with Crippen LogP contribution in [-0.2, 0) is 19.6 Å². The smallest absolute Gasteiger partial charge is 0.123 e. The summed E-state index contributed by atoms with van der Waals surface area (Å²) in [5.41, 5.74) is 3.66. The molecule has 2 heterocycles. The number of methoxy groups -OCH3 is 1. The second kappa shape index (κ2) is 8.50. The van der Waals surface area contributed by atoms with Gasteiger partial charge in [-0.15, -0.1) is 0 Å². The van der Waals surface area contributed by atoms with Crippen molar-refractivity contribution in [2.45, 2.75) is 52.4 Å². The van der Waals surface area contributed by atoms with Gasteiger partial charge in [0.25, 0.3) is 0 Å². The minimum absolute atomic E-state index is 0.233. The normalized spacial score (nSPS) is 16.3. The van der Waals surface area contributed by atoms with Gasteiger partial charge in [-0.2, -0.15) is 5.10 Å². The van der Waals surface area contributed by atoms with Crippen LogP contribution >= 0.6 is 0 Å². The first-order valence-electron chi connectivity index (χ1n) is 9.34. The predicted molar refractivity (Wildman–Crippen MR) is 101 cm³/mol. The van der Waals surface area contributed by atoms with Gasteiger partial charge in [-0.3, -0.25) is 9.58 Å². The maximum Gasteiger partial charge on any atom is 0.123 e. The van der Waals surface area contributed by atoms with E-state index in [4.69, 9.17) is 4.74 Å². The summed E-state index contributed by atoms with van der Waals surface area (Å²) in [6.45, 7) is 9.38. The Morgan fingerprint density at radius 1 is 1.24 bits per heavy atom. The summed E-state index contributed by atoms with van der Waals surface area (Å²) in [4.78, 5) is 2.51. The van der Waals surface area contributed by atoms with E-state index >= 15 is 0 Å². The molecular weight excluding hydrogens is 312 g/mol. The Labute approximate surface area is 151 Å². The largest absolute Gasteiger partial charge is 0.496 e. The Hall–Kier alpha value is -1.85. The third-order valence-corrected chi connectivity index (χ3v) is 4.98. The highest BCUT2D eigenvalue weighted by Crippen LogP contribution is 2.24. The van der Waals surface area contributed by atoms with Crippen LogP contribution < -0.4 is 10.1 Å². The van der Waals surface area contributed by atoms with Crippen molar-refractivity contribution >= 4 is 0 Å². The third kappa shape index (κ3) is 4.61. The Kier molecular flexibility index (Phi) is 6.10. The predicted octanol–water partition coefficient (Wildman–Crippen LogP) is 3.36. The molecule has 1 aliphatic heterocycles. The maximum absolute atomic E-state index is 5.56. The highest BCUT2D eigenvalue weighted by Gasteiger charge is 2.15. The molecular formula is C20H30N4O. The van der Waals surface area contributed by atoms with Crippen molar-refractivity contribution in [3.63, 3.8) is 0 Å². The van der Waals surface area contributed by atoms with Crippen LogP contribution in [0.5, 0.6) is 5.75 Å². The Bertz CT molecular complexity index is 676. The Balaban J connectivity index is 1.63. The van der Waals surface area contributed by atoms with Crippen molar-refractivity contribution in [1.29, 1.82) is 0 Å². The molecule has 1 aromatic carbocycles. The number of likely N-dealkylation sites (tertiary alicyclic amines) is 1. The van der Waals surface area contributed by atoms with E-state index in [9.17, 15) is 0 Å². The summed E-state index contributed by atoms with van der Waals surface area (Å²) < 4.78 is 7.53. The first-order valence-corrected chi connectivity index (χ1v) is 9.34. The van der Waals surface area contributed by atoms with E-state index in [2.05, 4.69) is 53.4 Å². The summed E-state index contributed by atoms with van der Waals surface area (Å²) in [6, 6.07) is 8.85. The van der Waals surface area contributed by atoms with Crippen molar-refractivity contribution < 1.29 is 4.74 Å². The zero-order valence-electron chi connectivity index (χ0n) is 15.7. The van der Waals surface area contributed by atoms with E-state index in [0.717, 1.165) is 31.1 Å². The molecule has 1 fully saturated rings. The SMILES string of the molecule is CCn1ccc(C(C)NCc2ccc(OC)c(CN3CCCC3)c2)n1. The summed E-state index contributed by atoms with van der Waals surface area (Å²) in [5, 5.41) is 8.16. The molecule has 2 aromatic rings. The van der Waals surface area contributed by atoms with E-state index in [0.29, 0.717) is 0 Å². The molecule has 0 amide bonds. The average molecular weight is 342 g/mol. The number of aromatic nitrogens is 2. The Morgan fingerprint density at radius 2 is 2.04 bits per heavy atom. The first kappa shape index (κ1) is 18.0. The molecule has 1 atom stereocenters. The van der Waals surface area contributed by atoms with Gasteiger partial charge in [-0.25, -0.2) is 0 Å². The summed E-state index contributed by atoms with van der Waals surface area (Å²) in [5.74, 6) is 0.991. The molecule has 1 N–H and O–H groups in total. The molecule has 25 heavy (non-hydrogen) atoms. The van der Waals surface area contributed by atoms with Gasteiger partial charge in [-0.05, 0) is 63.5 Å². The topological polar surface area (TPSA) is 42.3 Å². The summed E-state index contributed by atoms with van der Waals surface area (Å²) >= 11 is 0. The fraction of sp³-hybridized carbons (Fsp3) is 0.550. The highest BCUT2D eigenvalue weighted by atomic mass is 16.5. The van der Waals surface area contributed by atoms with Crippen LogP contribution in [0.4, 0.5) is 0 Å². The minimum atomic E-state index is 0.233. The molecule has 0 spiro atoms. The number of aryl methyl sites for hydroxylation is 1. The number of hydrogen-bond acceptors (Lipinski definition) is 4. The number of rotatable bonds is 8. The average Bonchev–Trinajstić information content (AvgIpc) is 3.31. The maximum atomic E-state index is 5.56. The Morgan fingerprint density at radius 3 is 2.72 bits per heavy atom. The number of benzene rings is 1. The molecule has 1 aliphatic rings. The molecule has 5 heteroatoms. The lowest BCUT2D eigenvalue weighted by molar-refractivity contribution is 0.320. The van der Waals surface area contributed by atoms with Crippen LogP contribution in [0.1, 0.15) is 49.6 Å². The number of ether oxygens (including phenoxy) is 1.